The summed E-state index contributed by atoms with van der Waals surface area (Å²) in [5.41, 5.74) is 1.31. The highest BCUT2D eigenvalue weighted by molar-refractivity contribution is 5.79. The van der Waals surface area contributed by atoms with Crippen LogP contribution in [0.2, 0.25) is 0 Å². The lowest BCUT2D eigenvalue weighted by atomic mass is 9.96. The fourth-order valence-corrected chi connectivity index (χ4v) is 4.15. The van der Waals surface area contributed by atoms with Crippen LogP contribution in [0.4, 0.5) is 0 Å². The predicted molar refractivity (Wildman–Crippen MR) is 112 cm³/mol. The maximum absolute atomic E-state index is 12.9. The zero-order valence-corrected chi connectivity index (χ0v) is 17.1. The lowest BCUT2D eigenvalue weighted by molar-refractivity contribution is -0.127. The Morgan fingerprint density at radius 3 is 2.68 bits per heavy atom. The van der Waals surface area contributed by atoms with Crippen LogP contribution in [0, 0.1) is 5.92 Å². The summed E-state index contributed by atoms with van der Waals surface area (Å²) in [5.74, 6) is 1.14. The fraction of sp³-hybridized carbons (Fsp3) is 0.522. The third-order valence-electron chi connectivity index (χ3n) is 5.72. The minimum absolute atomic E-state index is 0.0615. The molecule has 0 aliphatic carbocycles. The van der Waals surface area contributed by atoms with Gasteiger partial charge in [0.25, 0.3) is 0 Å². The van der Waals surface area contributed by atoms with E-state index in [1.807, 2.05) is 18.2 Å². The van der Waals surface area contributed by atoms with E-state index in [0.29, 0.717) is 6.54 Å². The van der Waals surface area contributed by atoms with Crippen LogP contribution in [0.5, 0.6) is 0 Å². The number of amides is 1. The molecule has 3 rings (SSSR count). The van der Waals surface area contributed by atoms with Crippen LogP contribution in [0.15, 0.2) is 53.1 Å². The number of nitrogens with zero attached hydrogens (tertiary/aromatic N) is 2. The summed E-state index contributed by atoms with van der Waals surface area (Å²) in [6.45, 7) is 9.53. The summed E-state index contributed by atoms with van der Waals surface area (Å²) in [6.07, 6.45) is 3.74. The van der Waals surface area contributed by atoms with E-state index in [1.54, 1.807) is 6.26 Å². The number of likely N-dealkylation sites (N-methyl/N-ethyl adjacent to an activating group) is 1. The number of likely N-dealkylation sites (tertiary alicyclic amines) is 1. The van der Waals surface area contributed by atoms with Crippen molar-refractivity contribution in [3.05, 3.63) is 60.1 Å². The molecule has 1 amide bonds. The van der Waals surface area contributed by atoms with Crippen LogP contribution < -0.4 is 5.32 Å². The van der Waals surface area contributed by atoms with Crippen molar-refractivity contribution in [3.63, 3.8) is 0 Å². The molecular weight excluding hydrogens is 350 g/mol. The van der Waals surface area contributed by atoms with Gasteiger partial charge in [-0.25, -0.2) is 0 Å². The summed E-state index contributed by atoms with van der Waals surface area (Å²) in [4.78, 5) is 17.6. The highest BCUT2D eigenvalue weighted by Crippen LogP contribution is 2.22. The van der Waals surface area contributed by atoms with Crippen molar-refractivity contribution in [1.29, 1.82) is 0 Å². The second kappa shape index (κ2) is 10.4. The number of nitrogens with one attached hydrogen (secondary N) is 1. The first-order valence-electron chi connectivity index (χ1n) is 10.5. The van der Waals surface area contributed by atoms with Crippen LogP contribution in [0.25, 0.3) is 0 Å². The SMILES string of the molecule is CCN(CC)C(CNC(=O)C1CCCN(Cc2ccccc2)C1)c1ccco1. The number of furan rings is 1. The molecule has 2 atom stereocenters. The van der Waals surface area contributed by atoms with Crippen molar-refractivity contribution in [1.82, 2.24) is 15.1 Å². The Labute approximate surface area is 168 Å². The minimum Gasteiger partial charge on any atom is -0.468 e. The molecule has 2 heterocycles. The van der Waals surface area contributed by atoms with Gasteiger partial charge >= 0.3 is 0 Å². The molecule has 1 saturated heterocycles. The first-order valence-corrected chi connectivity index (χ1v) is 10.5. The average Bonchev–Trinajstić information content (AvgIpc) is 3.26. The van der Waals surface area contributed by atoms with Crippen molar-refractivity contribution in [3.8, 4) is 0 Å². The summed E-state index contributed by atoms with van der Waals surface area (Å²) in [6, 6.07) is 14.5. The van der Waals surface area contributed by atoms with Crippen LogP contribution in [0.1, 0.15) is 44.1 Å². The summed E-state index contributed by atoms with van der Waals surface area (Å²) in [7, 11) is 0. The standard InChI is InChI=1S/C23H33N3O2/c1-3-26(4-2)21(22-13-9-15-28-22)16-24-23(27)20-12-8-14-25(18-20)17-19-10-6-5-7-11-19/h5-7,9-11,13,15,20-21H,3-4,8,12,14,16-18H2,1-2H3,(H,24,27). The number of benzene rings is 1. The van der Waals surface area contributed by atoms with E-state index in [9.17, 15) is 4.79 Å². The Hall–Kier alpha value is -2.11. The molecule has 1 aliphatic rings. The Bertz CT molecular complexity index is 698. The number of carbonyl (C=O) groups is 1. The van der Waals surface area contributed by atoms with Gasteiger partial charge in [0, 0.05) is 19.6 Å². The molecule has 0 bridgehead atoms. The molecule has 1 aliphatic heterocycles. The molecule has 5 nitrogen and oxygen atoms in total. The molecule has 0 radical (unpaired) electrons. The molecule has 28 heavy (non-hydrogen) atoms. The third kappa shape index (κ3) is 5.46. The Morgan fingerprint density at radius 1 is 1.21 bits per heavy atom. The first-order chi connectivity index (χ1) is 13.7. The number of carbonyl (C=O) groups excluding carboxylic acids is 1. The number of hydrogen-bond donors (Lipinski definition) is 1. The van der Waals surface area contributed by atoms with Gasteiger partial charge in [-0.3, -0.25) is 14.6 Å². The number of rotatable bonds is 9. The average molecular weight is 384 g/mol. The van der Waals surface area contributed by atoms with E-state index in [2.05, 4.69) is 53.2 Å². The lowest BCUT2D eigenvalue weighted by Crippen LogP contribution is -2.45. The number of piperidine rings is 1. The Balaban J connectivity index is 1.55. The smallest absolute Gasteiger partial charge is 0.224 e. The van der Waals surface area contributed by atoms with E-state index in [0.717, 1.165) is 51.3 Å². The molecule has 2 aromatic rings. The molecule has 1 N–H and O–H groups in total. The van der Waals surface area contributed by atoms with Gasteiger partial charge in [-0.2, -0.15) is 0 Å². The third-order valence-corrected chi connectivity index (χ3v) is 5.72. The second-order valence-electron chi connectivity index (χ2n) is 7.56. The highest BCUT2D eigenvalue weighted by Gasteiger charge is 2.27. The quantitative estimate of drug-likeness (QED) is 0.717. The Kier molecular flexibility index (Phi) is 7.69. The maximum atomic E-state index is 12.9. The van der Waals surface area contributed by atoms with Crippen LogP contribution in [-0.4, -0.2) is 48.4 Å². The van der Waals surface area contributed by atoms with Gasteiger partial charge in [-0.05, 0) is 50.2 Å². The molecule has 0 saturated carbocycles. The van der Waals surface area contributed by atoms with E-state index in [-0.39, 0.29) is 17.9 Å². The topological polar surface area (TPSA) is 48.7 Å². The van der Waals surface area contributed by atoms with Crippen molar-refractivity contribution < 1.29 is 9.21 Å². The molecule has 5 heteroatoms. The zero-order chi connectivity index (χ0) is 19.8. The monoisotopic (exact) mass is 383 g/mol. The van der Waals surface area contributed by atoms with Crippen LogP contribution in [-0.2, 0) is 11.3 Å². The van der Waals surface area contributed by atoms with Gasteiger partial charge in [0.15, 0.2) is 0 Å². The normalized spacial score (nSPS) is 18.9. The molecular formula is C23H33N3O2. The summed E-state index contributed by atoms with van der Waals surface area (Å²) < 4.78 is 5.64. The van der Waals surface area contributed by atoms with Crippen LogP contribution in [0.3, 0.4) is 0 Å². The predicted octanol–water partition coefficient (Wildman–Crippen LogP) is 3.69. The van der Waals surface area contributed by atoms with Gasteiger partial charge in [0.2, 0.25) is 5.91 Å². The van der Waals surface area contributed by atoms with Gasteiger partial charge in [0.1, 0.15) is 5.76 Å². The van der Waals surface area contributed by atoms with Crippen molar-refractivity contribution in [2.24, 2.45) is 5.92 Å². The van der Waals surface area contributed by atoms with Crippen molar-refractivity contribution >= 4 is 5.91 Å². The van der Waals surface area contributed by atoms with E-state index in [1.165, 1.54) is 5.56 Å². The summed E-state index contributed by atoms with van der Waals surface area (Å²) >= 11 is 0. The van der Waals surface area contributed by atoms with E-state index in [4.69, 9.17) is 4.42 Å². The highest BCUT2D eigenvalue weighted by atomic mass is 16.3. The molecule has 1 fully saturated rings. The molecule has 0 spiro atoms. The van der Waals surface area contributed by atoms with Crippen molar-refractivity contribution in [2.75, 3.05) is 32.7 Å². The molecule has 1 aromatic carbocycles. The van der Waals surface area contributed by atoms with Gasteiger partial charge in [0.05, 0.1) is 18.2 Å². The second-order valence-corrected chi connectivity index (χ2v) is 7.56. The Morgan fingerprint density at radius 2 is 2.00 bits per heavy atom. The van der Waals surface area contributed by atoms with Gasteiger partial charge in [-0.15, -0.1) is 0 Å². The minimum atomic E-state index is 0.0615. The fourth-order valence-electron chi connectivity index (χ4n) is 4.15. The summed E-state index contributed by atoms with van der Waals surface area (Å²) in [5, 5.41) is 3.21. The van der Waals surface area contributed by atoms with E-state index < -0.39 is 0 Å². The molecule has 1 aromatic heterocycles. The largest absolute Gasteiger partial charge is 0.468 e. The van der Waals surface area contributed by atoms with Crippen LogP contribution >= 0.6 is 0 Å². The van der Waals surface area contributed by atoms with Gasteiger partial charge in [-0.1, -0.05) is 44.2 Å². The zero-order valence-electron chi connectivity index (χ0n) is 17.1. The first kappa shape index (κ1) is 20.6. The lowest BCUT2D eigenvalue weighted by Gasteiger charge is -2.33. The molecule has 152 valence electrons. The molecule has 2 unspecified atom stereocenters. The maximum Gasteiger partial charge on any atom is 0.224 e. The number of hydrogen-bond acceptors (Lipinski definition) is 4. The van der Waals surface area contributed by atoms with Crippen molar-refractivity contribution in [2.45, 2.75) is 39.3 Å². The van der Waals surface area contributed by atoms with Gasteiger partial charge < -0.3 is 9.73 Å². The van der Waals surface area contributed by atoms with E-state index >= 15 is 0 Å².